The second kappa shape index (κ2) is 7.87. The number of fused-ring (bicyclic) bond motifs is 1. The van der Waals surface area contributed by atoms with E-state index in [4.69, 9.17) is 14.6 Å². The molecule has 2 aromatic carbocycles. The Bertz CT molecular complexity index is 975. The first-order valence-corrected chi connectivity index (χ1v) is 8.68. The van der Waals surface area contributed by atoms with Crippen molar-refractivity contribution in [1.29, 1.82) is 5.41 Å². The van der Waals surface area contributed by atoms with Gasteiger partial charge in [-0.25, -0.2) is 0 Å². The lowest BCUT2D eigenvalue weighted by Gasteiger charge is -2.08. The second-order valence-electron chi connectivity index (χ2n) is 6.12. The molecule has 0 spiro atoms. The van der Waals surface area contributed by atoms with Gasteiger partial charge < -0.3 is 14.5 Å². The average molecular weight is 350 g/mol. The second-order valence-corrected chi connectivity index (χ2v) is 6.12. The Morgan fingerprint density at radius 1 is 1.19 bits per heavy atom. The number of carbonyl (C=O) groups is 1. The predicted molar refractivity (Wildman–Crippen MR) is 102 cm³/mol. The van der Waals surface area contributed by atoms with Crippen LogP contribution in [-0.4, -0.2) is 13.0 Å². The van der Waals surface area contributed by atoms with Crippen LogP contribution in [-0.2, 0) is 6.42 Å². The molecule has 0 saturated heterocycles. The topological polar surface area (TPSA) is 75.3 Å². The fourth-order valence-corrected chi connectivity index (χ4v) is 2.80. The highest BCUT2D eigenvalue weighted by atomic mass is 16.5. The van der Waals surface area contributed by atoms with Gasteiger partial charge in [-0.05, 0) is 42.7 Å². The molecular formula is C21H22N2O3. The maximum absolute atomic E-state index is 12.6. The summed E-state index contributed by atoms with van der Waals surface area (Å²) in [5.74, 6) is 0.162. The van der Waals surface area contributed by atoms with Gasteiger partial charge in [-0.15, -0.1) is 0 Å². The third-order valence-corrected chi connectivity index (χ3v) is 4.25. The van der Waals surface area contributed by atoms with Gasteiger partial charge in [-0.1, -0.05) is 37.6 Å². The summed E-state index contributed by atoms with van der Waals surface area (Å²) in [6, 6.07) is 14.8. The number of anilines is 1. The largest absolute Gasteiger partial charge is 0.493 e. The van der Waals surface area contributed by atoms with E-state index in [2.05, 4.69) is 12.2 Å². The Labute approximate surface area is 152 Å². The first-order valence-electron chi connectivity index (χ1n) is 8.68. The van der Waals surface area contributed by atoms with Gasteiger partial charge in [-0.2, -0.15) is 0 Å². The summed E-state index contributed by atoms with van der Waals surface area (Å²) in [6.45, 7) is 2.16. The molecule has 3 aromatic rings. The third-order valence-electron chi connectivity index (χ3n) is 4.25. The minimum absolute atomic E-state index is 0.181. The molecule has 1 aromatic heterocycles. The standard InChI is InChI=1S/C21H22N2O3/c1-3-4-6-14-9-11-16(12-10-14)23-21(24)17-13-15-7-5-8-18(25-2)19(15)26-20(17)22/h5,7-13,22H,3-4,6H2,1-2H3,(H,23,24). The number of rotatable bonds is 6. The summed E-state index contributed by atoms with van der Waals surface area (Å²) < 4.78 is 10.8. The van der Waals surface area contributed by atoms with Gasteiger partial charge in [0.1, 0.15) is 5.56 Å². The number of unbranched alkanes of at least 4 members (excludes halogenated alkanes) is 1. The molecule has 1 heterocycles. The molecule has 0 fully saturated rings. The quantitative estimate of drug-likeness (QED) is 0.686. The lowest BCUT2D eigenvalue weighted by molar-refractivity contribution is 0.102. The highest BCUT2D eigenvalue weighted by Gasteiger charge is 2.14. The van der Waals surface area contributed by atoms with E-state index in [1.54, 1.807) is 19.2 Å². The van der Waals surface area contributed by atoms with Gasteiger partial charge in [0.15, 0.2) is 11.3 Å². The molecule has 2 N–H and O–H groups in total. The van der Waals surface area contributed by atoms with Gasteiger partial charge >= 0.3 is 0 Å². The number of carbonyl (C=O) groups excluding carboxylic acids is 1. The van der Waals surface area contributed by atoms with Gasteiger partial charge in [0.2, 0.25) is 5.55 Å². The van der Waals surface area contributed by atoms with Gasteiger partial charge in [-0.3, -0.25) is 10.2 Å². The zero-order chi connectivity index (χ0) is 18.5. The fraction of sp³-hybridized carbons (Fsp3) is 0.238. The normalized spacial score (nSPS) is 10.7. The number of hydrogen-bond acceptors (Lipinski definition) is 4. The van der Waals surface area contributed by atoms with Crippen LogP contribution in [0.3, 0.4) is 0 Å². The summed E-state index contributed by atoms with van der Waals surface area (Å²) in [4.78, 5) is 12.6. The van der Waals surface area contributed by atoms with Crippen molar-refractivity contribution in [3.8, 4) is 5.75 Å². The number of hydrogen-bond donors (Lipinski definition) is 2. The van der Waals surface area contributed by atoms with Crippen molar-refractivity contribution in [2.45, 2.75) is 26.2 Å². The summed E-state index contributed by atoms with van der Waals surface area (Å²) in [5, 5.41) is 11.6. The van der Waals surface area contributed by atoms with E-state index in [0.29, 0.717) is 22.4 Å². The fourth-order valence-electron chi connectivity index (χ4n) is 2.80. The highest BCUT2D eigenvalue weighted by molar-refractivity contribution is 6.05. The van der Waals surface area contributed by atoms with E-state index in [9.17, 15) is 4.79 Å². The van der Waals surface area contributed by atoms with Crippen LogP contribution in [0.15, 0.2) is 52.9 Å². The van der Waals surface area contributed by atoms with Crippen molar-refractivity contribution in [1.82, 2.24) is 0 Å². The number of amides is 1. The maximum atomic E-state index is 12.6. The van der Waals surface area contributed by atoms with Crippen molar-refractivity contribution < 1.29 is 13.9 Å². The Morgan fingerprint density at radius 2 is 1.96 bits per heavy atom. The first kappa shape index (κ1) is 17.7. The van der Waals surface area contributed by atoms with Crippen LogP contribution in [0, 0.1) is 5.41 Å². The lowest BCUT2D eigenvalue weighted by Crippen LogP contribution is -2.20. The van der Waals surface area contributed by atoms with Crippen molar-refractivity contribution >= 4 is 22.6 Å². The number of para-hydroxylation sites is 1. The molecule has 0 atom stereocenters. The SMILES string of the molecule is CCCCc1ccc(NC(=O)c2cc3cccc(OC)c3oc2=N)cc1. The van der Waals surface area contributed by atoms with Crippen LogP contribution in [0.5, 0.6) is 5.75 Å². The summed E-state index contributed by atoms with van der Waals surface area (Å²) in [5.41, 5.74) is 2.39. The van der Waals surface area contributed by atoms with Crippen LogP contribution in [0.1, 0.15) is 35.7 Å². The minimum Gasteiger partial charge on any atom is -0.493 e. The Balaban J connectivity index is 1.83. The van der Waals surface area contributed by atoms with Crippen molar-refractivity contribution in [2.24, 2.45) is 0 Å². The smallest absolute Gasteiger partial charge is 0.261 e. The van der Waals surface area contributed by atoms with E-state index in [0.717, 1.165) is 19.3 Å². The molecule has 5 heteroatoms. The Morgan fingerprint density at radius 3 is 2.65 bits per heavy atom. The first-order chi connectivity index (χ1) is 12.6. The van der Waals surface area contributed by atoms with Crippen LogP contribution in [0.4, 0.5) is 5.69 Å². The van der Waals surface area contributed by atoms with Gasteiger partial charge in [0.05, 0.1) is 7.11 Å². The number of nitrogens with one attached hydrogen (secondary N) is 2. The zero-order valence-corrected chi connectivity index (χ0v) is 15.0. The Hall–Kier alpha value is -3.08. The monoisotopic (exact) mass is 350 g/mol. The van der Waals surface area contributed by atoms with Crippen molar-refractivity contribution in [3.63, 3.8) is 0 Å². The molecule has 1 amide bonds. The number of aryl methyl sites for hydroxylation is 1. The Kier molecular flexibility index (Phi) is 5.37. The molecule has 5 nitrogen and oxygen atoms in total. The molecule has 3 rings (SSSR count). The highest BCUT2D eigenvalue weighted by Crippen LogP contribution is 2.24. The van der Waals surface area contributed by atoms with Gasteiger partial charge in [0.25, 0.3) is 5.91 Å². The molecule has 0 aliphatic carbocycles. The molecule has 0 radical (unpaired) electrons. The molecule has 134 valence electrons. The van der Waals surface area contributed by atoms with Crippen LogP contribution >= 0.6 is 0 Å². The van der Waals surface area contributed by atoms with E-state index in [-0.39, 0.29) is 17.0 Å². The number of methoxy groups -OCH3 is 1. The minimum atomic E-state index is -0.371. The maximum Gasteiger partial charge on any atom is 0.261 e. The predicted octanol–water partition coefficient (Wildman–Crippen LogP) is 4.52. The molecule has 0 saturated carbocycles. The molecule has 0 aliphatic heterocycles. The third kappa shape index (κ3) is 3.77. The van der Waals surface area contributed by atoms with E-state index < -0.39 is 0 Å². The van der Waals surface area contributed by atoms with Crippen LogP contribution in [0.2, 0.25) is 0 Å². The van der Waals surface area contributed by atoms with E-state index in [1.165, 1.54) is 5.56 Å². The molecule has 0 bridgehead atoms. The van der Waals surface area contributed by atoms with Crippen LogP contribution < -0.4 is 15.6 Å². The summed E-state index contributed by atoms with van der Waals surface area (Å²) in [7, 11) is 1.54. The molecule has 0 aliphatic rings. The van der Waals surface area contributed by atoms with E-state index >= 15 is 0 Å². The number of ether oxygens (including phenoxy) is 1. The molecular weight excluding hydrogens is 328 g/mol. The summed E-state index contributed by atoms with van der Waals surface area (Å²) in [6.07, 6.45) is 3.34. The van der Waals surface area contributed by atoms with Crippen molar-refractivity contribution in [3.05, 3.63) is 65.2 Å². The summed E-state index contributed by atoms with van der Waals surface area (Å²) >= 11 is 0. The molecule has 0 unspecified atom stereocenters. The van der Waals surface area contributed by atoms with Crippen LogP contribution in [0.25, 0.3) is 11.0 Å². The number of benzene rings is 2. The lowest BCUT2D eigenvalue weighted by atomic mass is 10.1. The average Bonchev–Trinajstić information content (AvgIpc) is 2.66. The van der Waals surface area contributed by atoms with E-state index in [1.807, 2.05) is 36.4 Å². The van der Waals surface area contributed by atoms with Crippen molar-refractivity contribution in [2.75, 3.05) is 12.4 Å². The zero-order valence-electron chi connectivity index (χ0n) is 15.0. The molecule has 26 heavy (non-hydrogen) atoms. The van der Waals surface area contributed by atoms with Gasteiger partial charge in [0, 0.05) is 11.1 Å².